The minimum atomic E-state index is -5.08. The minimum Gasteiger partial charge on any atom is -0.475 e. The average molecular weight is 407 g/mol. The molecule has 2 N–H and O–H groups in total. The maximum absolute atomic E-state index is 10.6. The summed E-state index contributed by atoms with van der Waals surface area (Å²) in [6, 6.07) is 8.24. The molecule has 6 nitrogen and oxygen atoms in total. The highest BCUT2D eigenvalue weighted by Gasteiger charge is 2.38. The smallest absolute Gasteiger partial charge is 0.475 e. The fraction of sp³-hybridized carbons (Fsp3) is 0.412. The fourth-order valence-electron chi connectivity index (χ4n) is 2.34. The molecule has 0 spiro atoms. The van der Waals surface area contributed by atoms with Crippen LogP contribution in [0.5, 0.6) is 0 Å². The van der Waals surface area contributed by atoms with Crippen LogP contribution < -0.4 is 5.32 Å². The molecule has 148 valence electrons. The number of morpholine rings is 1. The van der Waals surface area contributed by atoms with E-state index in [0.29, 0.717) is 18.5 Å². The lowest BCUT2D eigenvalue weighted by molar-refractivity contribution is -0.192. The molecular weight excluding hydrogens is 389 g/mol. The SMILES string of the molecule is Cc1coc([C@H]2CN[C@@H](Cc3ccc(Cl)cc3)CO2)n1.O=C(O)C(F)(F)F. The number of aliphatic carboxylic acids is 1. The Morgan fingerprint density at radius 3 is 2.44 bits per heavy atom. The van der Waals surface area contributed by atoms with Gasteiger partial charge >= 0.3 is 12.1 Å². The number of hydrogen-bond acceptors (Lipinski definition) is 5. The van der Waals surface area contributed by atoms with Crippen molar-refractivity contribution in [2.75, 3.05) is 13.2 Å². The van der Waals surface area contributed by atoms with Gasteiger partial charge < -0.3 is 19.6 Å². The van der Waals surface area contributed by atoms with E-state index < -0.39 is 12.1 Å². The maximum Gasteiger partial charge on any atom is 0.490 e. The maximum atomic E-state index is 10.6. The lowest BCUT2D eigenvalue weighted by Crippen LogP contribution is -2.44. The van der Waals surface area contributed by atoms with Gasteiger partial charge in [0, 0.05) is 17.6 Å². The first-order valence-corrected chi connectivity index (χ1v) is 8.34. The molecule has 0 saturated carbocycles. The van der Waals surface area contributed by atoms with Crippen molar-refractivity contribution in [3.8, 4) is 0 Å². The van der Waals surface area contributed by atoms with Crippen molar-refractivity contribution in [1.29, 1.82) is 0 Å². The Labute approximate surface area is 158 Å². The summed E-state index contributed by atoms with van der Waals surface area (Å²) in [5.41, 5.74) is 2.13. The zero-order chi connectivity index (χ0) is 20.0. The van der Waals surface area contributed by atoms with E-state index in [1.165, 1.54) is 5.56 Å². The average Bonchev–Trinajstić information content (AvgIpc) is 3.04. The van der Waals surface area contributed by atoms with Gasteiger partial charge in [0.25, 0.3) is 0 Å². The minimum absolute atomic E-state index is 0.0924. The number of nitrogens with one attached hydrogen (secondary N) is 1. The van der Waals surface area contributed by atoms with Crippen LogP contribution in [0.25, 0.3) is 0 Å². The predicted octanol–water partition coefficient (Wildman–Crippen LogP) is 3.54. The van der Waals surface area contributed by atoms with Crippen molar-refractivity contribution >= 4 is 17.6 Å². The van der Waals surface area contributed by atoms with E-state index in [4.69, 9.17) is 30.7 Å². The van der Waals surface area contributed by atoms with E-state index in [1.54, 1.807) is 6.26 Å². The molecule has 0 radical (unpaired) electrons. The number of benzene rings is 1. The Hall–Kier alpha value is -2.10. The molecule has 1 aromatic heterocycles. The van der Waals surface area contributed by atoms with Gasteiger partial charge in [0.1, 0.15) is 12.4 Å². The van der Waals surface area contributed by atoms with Gasteiger partial charge in [-0.05, 0) is 31.0 Å². The molecule has 0 unspecified atom stereocenters. The summed E-state index contributed by atoms with van der Waals surface area (Å²) >= 11 is 5.89. The Morgan fingerprint density at radius 1 is 1.37 bits per heavy atom. The Morgan fingerprint density at radius 2 is 2.00 bits per heavy atom. The molecular formula is C17H18ClF3N2O4. The van der Waals surface area contributed by atoms with E-state index in [9.17, 15) is 13.2 Å². The summed E-state index contributed by atoms with van der Waals surface area (Å²) in [4.78, 5) is 13.2. The number of carbonyl (C=O) groups is 1. The molecule has 1 aliphatic rings. The Balaban J connectivity index is 0.000000321. The van der Waals surface area contributed by atoms with Crippen LogP contribution in [0.3, 0.4) is 0 Å². The molecule has 10 heteroatoms. The van der Waals surface area contributed by atoms with Crippen LogP contribution >= 0.6 is 11.6 Å². The van der Waals surface area contributed by atoms with Gasteiger partial charge in [0.15, 0.2) is 0 Å². The van der Waals surface area contributed by atoms with Gasteiger partial charge in [-0.1, -0.05) is 23.7 Å². The number of alkyl halides is 3. The number of ether oxygens (including phenoxy) is 1. The van der Waals surface area contributed by atoms with Crippen molar-refractivity contribution < 1.29 is 32.2 Å². The molecule has 2 aromatic rings. The normalized spacial score (nSPS) is 19.9. The molecule has 0 amide bonds. The second-order valence-corrected chi connectivity index (χ2v) is 6.32. The van der Waals surface area contributed by atoms with E-state index >= 15 is 0 Å². The largest absolute Gasteiger partial charge is 0.490 e. The number of halogens is 4. The molecule has 1 aliphatic heterocycles. The number of rotatable bonds is 3. The van der Waals surface area contributed by atoms with E-state index in [0.717, 1.165) is 23.7 Å². The Kier molecular flexibility index (Phi) is 7.23. The molecule has 0 bridgehead atoms. The standard InChI is InChI=1S/C15H17ClN2O2.C2HF3O2/c1-10-8-20-15(18-10)14-7-17-13(9-19-14)6-11-2-4-12(16)5-3-11;3-2(4,5)1(6)7/h2-5,8,13-14,17H,6-7,9H2,1H3;(H,6,7)/t13-,14+;/m0./s1. The monoisotopic (exact) mass is 406 g/mol. The van der Waals surface area contributed by atoms with Crippen LogP contribution in [0.1, 0.15) is 23.3 Å². The highest BCUT2D eigenvalue weighted by molar-refractivity contribution is 6.30. The summed E-state index contributed by atoms with van der Waals surface area (Å²) in [6.07, 6.45) is -2.60. The third kappa shape index (κ3) is 6.85. The first-order chi connectivity index (χ1) is 12.6. The fourth-order valence-corrected chi connectivity index (χ4v) is 2.46. The molecule has 1 aromatic carbocycles. The number of carboxylic acids is 1. The van der Waals surface area contributed by atoms with Crippen LogP contribution in [-0.2, 0) is 16.0 Å². The second kappa shape index (κ2) is 9.20. The molecule has 2 heterocycles. The molecule has 1 saturated heterocycles. The molecule has 0 aliphatic carbocycles. The Bertz CT molecular complexity index is 741. The van der Waals surface area contributed by atoms with Gasteiger partial charge in [-0.3, -0.25) is 0 Å². The molecule has 27 heavy (non-hydrogen) atoms. The van der Waals surface area contributed by atoms with Gasteiger partial charge in [-0.15, -0.1) is 0 Å². The summed E-state index contributed by atoms with van der Waals surface area (Å²) in [6.45, 7) is 3.28. The first kappa shape index (κ1) is 21.2. The van der Waals surface area contributed by atoms with E-state index in [1.807, 2.05) is 31.2 Å². The van der Waals surface area contributed by atoms with Crippen LogP contribution in [0, 0.1) is 6.92 Å². The predicted molar refractivity (Wildman–Crippen MR) is 90.6 cm³/mol. The van der Waals surface area contributed by atoms with Gasteiger partial charge in [0.2, 0.25) is 5.89 Å². The number of hydrogen-bond donors (Lipinski definition) is 2. The topological polar surface area (TPSA) is 84.6 Å². The van der Waals surface area contributed by atoms with Crippen LogP contribution in [0.4, 0.5) is 13.2 Å². The van der Waals surface area contributed by atoms with Crippen molar-refractivity contribution in [3.05, 3.63) is 52.7 Å². The van der Waals surface area contributed by atoms with Crippen LogP contribution in [-0.4, -0.2) is 41.4 Å². The highest BCUT2D eigenvalue weighted by atomic mass is 35.5. The summed E-state index contributed by atoms with van der Waals surface area (Å²) in [5, 5.41) is 11.4. The van der Waals surface area contributed by atoms with Crippen molar-refractivity contribution in [1.82, 2.24) is 10.3 Å². The van der Waals surface area contributed by atoms with E-state index in [-0.39, 0.29) is 6.10 Å². The zero-order valence-corrected chi connectivity index (χ0v) is 15.0. The number of carboxylic acid groups (broad SMARTS) is 1. The highest BCUT2D eigenvalue weighted by Crippen LogP contribution is 2.21. The number of oxazole rings is 1. The second-order valence-electron chi connectivity index (χ2n) is 5.89. The van der Waals surface area contributed by atoms with Gasteiger partial charge in [-0.2, -0.15) is 13.2 Å². The van der Waals surface area contributed by atoms with Crippen LogP contribution in [0.2, 0.25) is 5.02 Å². The van der Waals surface area contributed by atoms with Crippen molar-refractivity contribution in [2.45, 2.75) is 31.7 Å². The zero-order valence-electron chi connectivity index (χ0n) is 14.3. The third-order valence-corrected chi connectivity index (χ3v) is 3.89. The number of aryl methyl sites for hydroxylation is 1. The van der Waals surface area contributed by atoms with Crippen molar-refractivity contribution in [3.63, 3.8) is 0 Å². The summed E-state index contributed by atoms with van der Waals surface area (Å²) < 4.78 is 43.0. The van der Waals surface area contributed by atoms with Crippen molar-refractivity contribution in [2.24, 2.45) is 0 Å². The lowest BCUT2D eigenvalue weighted by atomic mass is 10.1. The summed E-state index contributed by atoms with van der Waals surface area (Å²) in [5.74, 6) is -2.10. The third-order valence-electron chi connectivity index (χ3n) is 3.64. The quantitative estimate of drug-likeness (QED) is 0.811. The molecule has 2 atom stereocenters. The lowest BCUT2D eigenvalue weighted by Gasteiger charge is -2.28. The summed E-state index contributed by atoms with van der Waals surface area (Å²) in [7, 11) is 0. The van der Waals surface area contributed by atoms with Gasteiger partial charge in [0.05, 0.1) is 12.3 Å². The van der Waals surface area contributed by atoms with Crippen LogP contribution in [0.15, 0.2) is 34.9 Å². The number of nitrogens with zero attached hydrogens (tertiary/aromatic N) is 1. The molecule has 3 rings (SSSR count). The van der Waals surface area contributed by atoms with Gasteiger partial charge in [-0.25, -0.2) is 9.78 Å². The number of aromatic nitrogens is 1. The molecule has 1 fully saturated rings. The van der Waals surface area contributed by atoms with E-state index in [2.05, 4.69) is 10.3 Å². The first-order valence-electron chi connectivity index (χ1n) is 7.96.